The van der Waals surface area contributed by atoms with Crippen molar-refractivity contribution in [3.63, 3.8) is 0 Å². The topological polar surface area (TPSA) is 69.7 Å². The van der Waals surface area contributed by atoms with Crippen LogP contribution in [0.25, 0.3) is 10.8 Å². The molecule has 6 nitrogen and oxygen atoms in total. The third kappa shape index (κ3) is 4.77. The van der Waals surface area contributed by atoms with E-state index in [9.17, 15) is 13.2 Å². The lowest BCUT2D eigenvalue weighted by atomic mass is 10.1. The molecule has 0 bridgehead atoms. The molecule has 0 atom stereocenters. The van der Waals surface area contributed by atoms with Gasteiger partial charge in [-0.15, -0.1) is 0 Å². The predicted octanol–water partition coefficient (Wildman–Crippen LogP) is 4.40. The smallest absolute Gasteiger partial charge is 0.243 e. The van der Waals surface area contributed by atoms with Crippen LogP contribution in [0.1, 0.15) is 5.56 Å². The summed E-state index contributed by atoms with van der Waals surface area (Å²) in [6, 6.07) is 16.3. The summed E-state index contributed by atoms with van der Waals surface area (Å²) in [5.41, 5.74) is 1.22. The van der Waals surface area contributed by atoms with Gasteiger partial charge in [-0.25, -0.2) is 8.42 Å². The number of anilines is 1. The average molecular weight is 492 g/mol. The van der Waals surface area contributed by atoms with Gasteiger partial charge in [-0.3, -0.25) is 9.69 Å². The van der Waals surface area contributed by atoms with Crippen molar-refractivity contribution in [2.24, 2.45) is 0 Å². The third-order valence-corrected chi connectivity index (χ3v) is 8.30. The van der Waals surface area contributed by atoms with Gasteiger partial charge in [-0.1, -0.05) is 59.6 Å². The van der Waals surface area contributed by atoms with Gasteiger partial charge in [0.05, 0.1) is 27.2 Å². The summed E-state index contributed by atoms with van der Waals surface area (Å²) in [6.45, 7) is 3.50. The van der Waals surface area contributed by atoms with Crippen LogP contribution in [0.15, 0.2) is 59.5 Å². The first-order chi connectivity index (χ1) is 15.3. The highest BCUT2D eigenvalue weighted by Crippen LogP contribution is 2.32. The lowest BCUT2D eigenvalue weighted by Crippen LogP contribution is -2.50. The first-order valence-electron chi connectivity index (χ1n) is 10.2. The number of fused-ring (bicyclic) bond motifs is 1. The van der Waals surface area contributed by atoms with Gasteiger partial charge in [0.1, 0.15) is 0 Å². The molecular formula is C23H23Cl2N3O3S. The molecule has 4 rings (SSSR count). The van der Waals surface area contributed by atoms with Gasteiger partial charge >= 0.3 is 0 Å². The molecular weight excluding hydrogens is 469 g/mol. The zero-order valence-corrected chi connectivity index (χ0v) is 19.8. The van der Waals surface area contributed by atoms with Crippen molar-refractivity contribution < 1.29 is 13.2 Å². The van der Waals surface area contributed by atoms with Crippen LogP contribution in [0.5, 0.6) is 0 Å². The Balaban J connectivity index is 1.38. The maximum Gasteiger partial charge on any atom is 0.243 e. The van der Waals surface area contributed by atoms with Crippen LogP contribution in [0.3, 0.4) is 0 Å². The summed E-state index contributed by atoms with van der Waals surface area (Å²) in [7, 11) is -3.60. The second kappa shape index (κ2) is 9.37. The molecule has 0 aromatic heterocycles. The molecule has 1 aliphatic heterocycles. The summed E-state index contributed by atoms with van der Waals surface area (Å²) in [4.78, 5) is 14.7. The number of hydrogen-bond donors (Lipinski definition) is 1. The van der Waals surface area contributed by atoms with Crippen LogP contribution < -0.4 is 5.32 Å². The first-order valence-corrected chi connectivity index (χ1v) is 12.4. The molecule has 0 aliphatic carbocycles. The lowest BCUT2D eigenvalue weighted by molar-refractivity contribution is -0.117. The Bertz CT molecular complexity index is 1270. The van der Waals surface area contributed by atoms with E-state index in [0.29, 0.717) is 41.9 Å². The summed E-state index contributed by atoms with van der Waals surface area (Å²) in [5.74, 6) is -0.245. The molecule has 1 amide bonds. The van der Waals surface area contributed by atoms with Crippen molar-refractivity contribution in [2.75, 3.05) is 38.0 Å². The molecule has 3 aromatic rings. The number of hydrogen-bond acceptors (Lipinski definition) is 4. The quantitative estimate of drug-likeness (QED) is 0.574. The van der Waals surface area contributed by atoms with Crippen LogP contribution >= 0.6 is 23.2 Å². The van der Waals surface area contributed by atoms with Crippen LogP contribution in [0, 0.1) is 6.92 Å². The zero-order valence-electron chi connectivity index (χ0n) is 17.5. The highest BCUT2D eigenvalue weighted by Gasteiger charge is 2.29. The molecule has 0 spiro atoms. The Morgan fingerprint density at radius 2 is 1.66 bits per heavy atom. The zero-order chi connectivity index (χ0) is 22.9. The van der Waals surface area contributed by atoms with E-state index in [1.165, 1.54) is 4.31 Å². The molecule has 1 heterocycles. The highest BCUT2D eigenvalue weighted by molar-refractivity contribution is 7.89. The van der Waals surface area contributed by atoms with E-state index in [1.54, 1.807) is 24.3 Å². The van der Waals surface area contributed by atoms with E-state index in [2.05, 4.69) is 5.32 Å². The predicted molar refractivity (Wildman–Crippen MR) is 129 cm³/mol. The van der Waals surface area contributed by atoms with E-state index in [1.807, 2.05) is 42.2 Å². The number of aryl methyl sites for hydroxylation is 1. The molecule has 0 unspecified atom stereocenters. The minimum absolute atomic E-state index is 0.129. The van der Waals surface area contributed by atoms with Crippen LogP contribution in [0.4, 0.5) is 5.69 Å². The van der Waals surface area contributed by atoms with Crippen molar-refractivity contribution in [2.45, 2.75) is 11.8 Å². The maximum absolute atomic E-state index is 13.1. The monoisotopic (exact) mass is 491 g/mol. The fourth-order valence-electron chi connectivity index (χ4n) is 3.76. The normalized spacial score (nSPS) is 15.7. The number of piperazine rings is 1. The van der Waals surface area contributed by atoms with Crippen LogP contribution in [0.2, 0.25) is 10.0 Å². The van der Waals surface area contributed by atoms with Gasteiger partial charge in [0.2, 0.25) is 15.9 Å². The Labute approximate surface area is 197 Å². The number of sulfonamides is 1. The summed E-state index contributed by atoms with van der Waals surface area (Å²) in [5, 5.41) is 5.45. The van der Waals surface area contributed by atoms with E-state index in [0.717, 1.165) is 16.3 Å². The van der Waals surface area contributed by atoms with E-state index < -0.39 is 10.0 Å². The number of halogens is 2. The molecule has 1 fully saturated rings. The van der Waals surface area contributed by atoms with Crippen molar-refractivity contribution in [1.82, 2.24) is 9.21 Å². The molecule has 1 N–H and O–H groups in total. The van der Waals surface area contributed by atoms with Crippen molar-refractivity contribution in [3.8, 4) is 0 Å². The van der Waals surface area contributed by atoms with Crippen molar-refractivity contribution in [3.05, 3.63) is 70.2 Å². The molecule has 1 aliphatic rings. The number of rotatable bonds is 5. The van der Waals surface area contributed by atoms with Crippen LogP contribution in [-0.2, 0) is 14.8 Å². The van der Waals surface area contributed by atoms with E-state index in [-0.39, 0.29) is 17.3 Å². The number of carbonyl (C=O) groups is 1. The van der Waals surface area contributed by atoms with E-state index in [4.69, 9.17) is 23.2 Å². The minimum Gasteiger partial charge on any atom is -0.322 e. The molecule has 32 heavy (non-hydrogen) atoms. The third-order valence-electron chi connectivity index (χ3n) is 5.61. The van der Waals surface area contributed by atoms with Crippen molar-refractivity contribution >= 4 is 55.6 Å². The Morgan fingerprint density at radius 1 is 0.969 bits per heavy atom. The molecule has 168 valence electrons. The van der Waals surface area contributed by atoms with Gasteiger partial charge in [-0.2, -0.15) is 4.31 Å². The summed E-state index contributed by atoms with van der Waals surface area (Å²) < 4.78 is 27.7. The highest BCUT2D eigenvalue weighted by atomic mass is 35.5. The van der Waals surface area contributed by atoms with Gasteiger partial charge in [0, 0.05) is 26.2 Å². The van der Waals surface area contributed by atoms with Crippen molar-refractivity contribution in [1.29, 1.82) is 0 Å². The lowest BCUT2D eigenvalue weighted by Gasteiger charge is -2.33. The number of carbonyl (C=O) groups excluding carboxylic acids is 1. The molecule has 9 heteroatoms. The molecule has 1 saturated heterocycles. The Morgan fingerprint density at radius 3 is 2.38 bits per heavy atom. The Hall–Kier alpha value is -2.16. The second-order valence-electron chi connectivity index (χ2n) is 7.79. The molecule has 0 saturated carbocycles. The Kier molecular flexibility index (Phi) is 6.74. The fourth-order valence-corrected chi connectivity index (χ4v) is 5.68. The number of nitrogens with zero attached hydrogens (tertiary/aromatic N) is 2. The van der Waals surface area contributed by atoms with Gasteiger partial charge in [0.15, 0.2) is 0 Å². The number of amides is 1. The second-order valence-corrected chi connectivity index (χ2v) is 10.5. The summed E-state index contributed by atoms with van der Waals surface area (Å²) in [6.07, 6.45) is 0. The standard InChI is InChI=1S/C23H23Cl2N3O3S/c1-16-6-9-20(24)23(22(16)25)26-21(29)15-27-10-12-28(13-11-27)32(30,31)19-8-7-17-4-2-3-5-18(17)14-19/h2-9,14H,10-13,15H2,1H3,(H,26,29). The summed E-state index contributed by atoms with van der Waals surface area (Å²) >= 11 is 12.4. The van der Waals surface area contributed by atoms with Gasteiger partial charge < -0.3 is 5.32 Å². The maximum atomic E-state index is 13.1. The number of nitrogens with one attached hydrogen (secondary N) is 1. The number of benzene rings is 3. The van der Waals surface area contributed by atoms with E-state index >= 15 is 0 Å². The molecule has 0 radical (unpaired) electrons. The minimum atomic E-state index is -3.60. The average Bonchev–Trinajstić information content (AvgIpc) is 2.79. The van der Waals surface area contributed by atoms with Gasteiger partial charge in [-0.05, 0) is 41.5 Å². The molecule has 3 aromatic carbocycles. The fraction of sp³-hybridized carbons (Fsp3) is 0.261. The SMILES string of the molecule is Cc1ccc(Cl)c(NC(=O)CN2CCN(S(=O)(=O)c3ccc4ccccc4c3)CC2)c1Cl. The first kappa shape index (κ1) is 23.0. The largest absolute Gasteiger partial charge is 0.322 e. The van der Waals surface area contributed by atoms with Gasteiger partial charge in [0.25, 0.3) is 0 Å². The van der Waals surface area contributed by atoms with Crippen LogP contribution in [-0.4, -0.2) is 56.3 Å².